The fraction of sp³-hybridized carbons (Fsp3) is 0.714. The number of carbonyl (C=O) groups excluding carboxylic acids is 1. The van der Waals surface area contributed by atoms with Crippen LogP contribution in [-0.4, -0.2) is 35.4 Å². The first kappa shape index (κ1) is 12.7. The van der Waals surface area contributed by atoms with E-state index in [9.17, 15) is 4.79 Å². The average Bonchev–Trinajstić information content (AvgIpc) is 2.95. The van der Waals surface area contributed by atoms with Gasteiger partial charge in [-0.1, -0.05) is 0 Å². The third-order valence-electron chi connectivity index (χ3n) is 3.89. The molecule has 0 radical (unpaired) electrons. The maximum Gasteiger partial charge on any atom is 0.225 e. The third-order valence-corrected chi connectivity index (χ3v) is 3.89. The van der Waals surface area contributed by atoms with Crippen molar-refractivity contribution < 1.29 is 9.53 Å². The second-order valence-corrected chi connectivity index (χ2v) is 5.46. The van der Waals surface area contributed by atoms with Gasteiger partial charge in [-0.05, 0) is 31.7 Å². The van der Waals surface area contributed by atoms with Crippen LogP contribution in [-0.2, 0) is 16.1 Å². The Kier molecular flexibility index (Phi) is 3.82. The molecule has 19 heavy (non-hydrogen) atoms. The van der Waals surface area contributed by atoms with Crippen LogP contribution in [0.2, 0.25) is 0 Å². The van der Waals surface area contributed by atoms with E-state index in [1.165, 1.54) is 18.5 Å². The molecule has 1 N–H and O–H groups in total. The standard InChI is InChI=1S/C14H21N3O2/c18-14(12-5-9-19-10-12)15-6-1-8-17-13(4-7-16-17)11-2-3-11/h4,7,11-12H,1-3,5-6,8-10H2,(H,15,18)/t12-/m1/s1. The van der Waals surface area contributed by atoms with Gasteiger partial charge in [-0.25, -0.2) is 0 Å². The summed E-state index contributed by atoms with van der Waals surface area (Å²) in [4.78, 5) is 11.8. The summed E-state index contributed by atoms with van der Waals surface area (Å²) in [5.74, 6) is 0.930. The van der Waals surface area contributed by atoms with Crippen molar-refractivity contribution in [3.8, 4) is 0 Å². The van der Waals surface area contributed by atoms with Gasteiger partial charge in [0.05, 0.1) is 12.5 Å². The summed E-state index contributed by atoms with van der Waals surface area (Å²) < 4.78 is 7.30. The van der Waals surface area contributed by atoms with Crippen LogP contribution in [0.5, 0.6) is 0 Å². The summed E-state index contributed by atoms with van der Waals surface area (Å²) in [6.45, 7) is 2.91. The number of rotatable bonds is 6. The van der Waals surface area contributed by atoms with Crippen molar-refractivity contribution in [2.75, 3.05) is 19.8 Å². The van der Waals surface area contributed by atoms with E-state index in [0.717, 1.165) is 38.5 Å². The van der Waals surface area contributed by atoms with Gasteiger partial charge in [0.1, 0.15) is 0 Å². The molecule has 5 heteroatoms. The Balaban J connectivity index is 1.38. The predicted octanol–water partition coefficient (Wildman–Crippen LogP) is 1.30. The van der Waals surface area contributed by atoms with Crippen molar-refractivity contribution in [2.24, 2.45) is 5.92 Å². The Morgan fingerprint density at radius 1 is 1.47 bits per heavy atom. The Morgan fingerprint density at radius 2 is 2.37 bits per heavy atom. The molecule has 1 saturated heterocycles. The summed E-state index contributed by atoms with van der Waals surface area (Å²) in [6.07, 6.45) is 6.26. The van der Waals surface area contributed by atoms with Crippen LogP contribution in [0.25, 0.3) is 0 Å². The SMILES string of the molecule is O=C(NCCCn1nccc1C1CC1)[C@@H]1CCOC1. The van der Waals surface area contributed by atoms with Gasteiger partial charge < -0.3 is 10.1 Å². The monoisotopic (exact) mass is 263 g/mol. The van der Waals surface area contributed by atoms with Crippen LogP contribution in [0, 0.1) is 5.92 Å². The molecule has 1 amide bonds. The molecule has 5 nitrogen and oxygen atoms in total. The molecule has 3 rings (SSSR count). The number of nitrogens with zero attached hydrogens (tertiary/aromatic N) is 2. The van der Waals surface area contributed by atoms with E-state index in [4.69, 9.17) is 4.74 Å². The predicted molar refractivity (Wildman–Crippen MR) is 70.8 cm³/mol. The molecule has 0 aromatic carbocycles. The van der Waals surface area contributed by atoms with Gasteiger partial charge in [-0.15, -0.1) is 0 Å². The van der Waals surface area contributed by atoms with E-state index in [0.29, 0.717) is 6.61 Å². The Hall–Kier alpha value is -1.36. The third kappa shape index (κ3) is 3.15. The van der Waals surface area contributed by atoms with Crippen LogP contribution >= 0.6 is 0 Å². The number of hydrogen-bond acceptors (Lipinski definition) is 3. The summed E-state index contributed by atoms with van der Waals surface area (Å²) in [5, 5.41) is 7.35. The molecular formula is C14H21N3O2. The van der Waals surface area contributed by atoms with E-state index in [1.807, 2.05) is 6.20 Å². The maximum atomic E-state index is 11.8. The minimum atomic E-state index is 0.0618. The lowest BCUT2D eigenvalue weighted by atomic mass is 10.1. The molecule has 1 aromatic heterocycles. The van der Waals surface area contributed by atoms with Gasteiger partial charge in [0.15, 0.2) is 0 Å². The highest BCUT2D eigenvalue weighted by Gasteiger charge is 2.26. The molecule has 0 unspecified atom stereocenters. The summed E-state index contributed by atoms with van der Waals surface area (Å²) >= 11 is 0. The summed E-state index contributed by atoms with van der Waals surface area (Å²) in [7, 11) is 0. The minimum Gasteiger partial charge on any atom is -0.381 e. The number of aromatic nitrogens is 2. The van der Waals surface area contributed by atoms with Crippen LogP contribution in [0.15, 0.2) is 12.3 Å². The van der Waals surface area contributed by atoms with E-state index in [-0.39, 0.29) is 11.8 Å². The van der Waals surface area contributed by atoms with Crippen molar-refractivity contribution in [2.45, 2.75) is 38.1 Å². The zero-order chi connectivity index (χ0) is 13.1. The Morgan fingerprint density at radius 3 is 3.11 bits per heavy atom. The number of hydrogen-bond donors (Lipinski definition) is 1. The lowest BCUT2D eigenvalue weighted by Gasteiger charge is -2.10. The first-order valence-electron chi connectivity index (χ1n) is 7.22. The number of carbonyl (C=O) groups is 1. The molecule has 2 aliphatic rings. The quantitative estimate of drug-likeness (QED) is 0.787. The van der Waals surface area contributed by atoms with E-state index < -0.39 is 0 Å². The van der Waals surface area contributed by atoms with Crippen molar-refractivity contribution >= 4 is 5.91 Å². The van der Waals surface area contributed by atoms with E-state index in [1.54, 1.807) is 0 Å². The molecule has 0 spiro atoms. The number of amides is 1. The molecule has 1 atom stereocenters. The van der Waals surface area contributed by atoms with E-state index in [2.05, 4.69) is 21.2 Å². The van der Waals surface area contributed by atoms with E-state index >= 15 is 0 Å². The second-order valence-electron chi connectivity index (χ2n) is 5.46. The van der Waals surface area contributed by atoms with Gasteiger partial charge >= 0.3 is 0 Å². The number of ether oxygens (including phenoxy) is 1. The molecule has 104 valence electrons. The fourth-order valence-electron chi connectivity index (χ4n) is 2.58. The molecule has 0 bridgehead atoms. The highest BCUT2D eigenvalue weighted by molar-refractivity contribution is 5.78. The van der Waals surface area contributed by atoms with Gasteiger partial charge in [0, 0.05) is 37.5 Å². The van der Waals surface area contributed by atoms with Gasteiger partial charge in [-0.2, -0.15) is 5.10 Å². The number of aryl methyl sites for hydroxylation is 1. The summed E-state index contributed by atoms with van der Waals surface area (Å²) in [5.41, 5.74) is 1.36. The summed E-state index contributed by atoms with van der Waals surface area (Å²) in [6, 6.07) is 2.12. The lowest BCUT2D eigenvalue weighted by molar-refractivity contribution is -0.124. The average molecular weight is 263 g/mol. The molecule has 2 heterocycles. The van der Waals surface area contributed by atoms with Gasteiger partial charge in [0.2, 0.25) is 5.91 Å². The highest BCUT2D eigenvalue weighted by atomic mass is 16.5. The van der Waals surface area contributed by atoms with Crippen LogP contribution < -0.4 is 5.32 Å². The molecule has 1 aromatic rings. The zero-order valence-corrected chi connectivity index (χ0v) is 11.2. The molecular weight excluding hydrogens is 242 g/mol. The Labute approximate surface area is 113 Å². The van der Waals surface area contributed by atoms with Gasteiger partial charge in [0.25, 0.3) is 0 Å². The molecule has 1 aliphatic heterocycles. The first-order chi connectivity index (χ1) is 9.34. The molecule has 2 fully saturated rings. The Bertz CT molecular complexity index is 434. The van der Waals surface area contributed by atoms with Crippen molar-refractivity contribution in [3.05, 3.63) is 18.0 Å². The van der Waals surface area contributed by atoms with Crippen LogP contribution in [0.1, 0.15) is 37.3 Å². The molecule has 1 aliphatic carbocycles. The molecule has 1 saturated carbocycles. The van der Waals surface area contributed by atoms with Crippen molar-refractivity contribution in [1.82, 2.24) is 15.1 Å². The van der Waals surface area contributed by atoms with Crippen LogP contribution in [0.3, 0.4) is 0 Å². The highest BCUT2D eigenvalue weighted by Crippen LogP contribution is 2.39. The smallest absolute Gasteiger partial charge is 0.225 e. The normalized spacial score (nSPS) is 22.6. The van der Waals surface area contributed by atoms with Gasteiger partial charge in [-0.3, -0.25) is 9.48 Å². The van der Waals surface area contributed by atoms with Crippen molar-refractivity contribution in [3.63, 3.8) is 0 Å². The largest absolute Gasteiger partial charge is 0.381 e. The lowest BCUT2D eigenvalue weighted by Crippen LogP contribution is -2.32. The number of nitrogens with one attached hydrogen (secondary N) is 1. The fourth-order valence-corrected chi connectivity index (χ4v) is 2.58. The first-order valence-corrected chi connectivity index (χ1v) is 7.22. The van der Waals surface area contributed by atoms with Crippen LogP contribution in [0.4, 0.5) is 0 Å². The maximum absolute atomic E-state index is 11.8. The topological polar surface area (TPSA) is 56.2 Å². The second kappa shape index (κ2) is 5.74. The zero-order valence-electron chi connectivity index (χ0n) is 11.2. The van der Waals surface area contributed by atoms with Crippen molar-refractivity contribution in [1.29, 1.82) is 0 Å². The minimum absolute atomic E-state index is 0.0618.